The minimum atomic E-state index is -0.118. The van der Waals surface area contributed by atoms with Gasteiger partial charge in [0.15, 0.2) is 0 Å². The zero-order chi connectivity index (χ0) is 12.3. The molecule has 2 rings (SSSR count). The average molecular weight is 274 g/mol. The van der Waals surface area contributed by atoms with Gasteiger partial charge in [-0.2, -0.15) is 0 Å². The van der Waals surface area contributed by atoms with E-state index in [4.69, 9.17) is 23.2 Å². The van der Waals surface area contributed by atoms with Crippen molar-refractivity contribution in [3.63, 3.8) is 0 Å². The fourth-order valence-electron chi connectivity index (χ4n) is 2.45. The number of aliphatic hydroxyl groups is 1. The number of rotatable bonds is 3. The molecule has 17 heavy (non-hydrogen) atoms. The van der Waals surface area contributed by atoms with Crippen molar-refractivity contribution in [3.05, 3.63) is 33.8 Å². The summed E-state index contributed by atoms with van der Waals surface area (Å²) in [4.78, 5) is 0. The van der Waals surface area contributed by atoms with E-state index in [-0.39, 0.29) is 12.0 Å². The van der Waals surface area contributed by atoms with Gasteiger partial charge in [0.05, 0.1) is 6.61 Å². The van der Waals surface area contributed by atoms with Gasteiger partial charge in [0.25, 0.3) is 0 Å². The fourth-order valence-corrected chi connectivity index (χ4v) is 2.98. The Kier molecular flexibility index (Phi) is 4.31. The predicted octanol–water partition coefficient (Wildman–Crippen LogP) is 2.90. The lowest BCUT2D eigenvalue weighted by atomic mass is 9.76. The van der Waals surface area contributed by atoms with E-state index in [1.807, 2.05) is 18.2 Å². The molecule has 0 bridgehead atoms. The molecule has 4 heteroatoms. The normalized spacial score (nSPS) is 24.9. The molecule has 1 aromatic rings. The molecule has 0 aliphatic carbocycles. The van der Waals surface area contributed by atoms with Gasteiger partial charge >= 0.3 is 0 Å². The Bertz CT molecular complexity index is 369. The summed E-state index contributed by atoms with van der Waals surface area (Å²) >= 11 is 12.4. The Balaban J connectivity index is 2.23. The second kappa shape index (κ2) is 5.57. The summed E-state index contributed by atoms with van der Waals surface area (Å²) in [7, 11) is 0. The van der Waals surface area contributed by atoms with Crippen LogP contribution in [0.4, 0.5) is 0 Å². The highest BCUT2D eigenvalue weighted by Gasteiger charge is 2.32. The van der Waals surface area contributed by atoms with Gasteiger partial charge < -0.3 is 10.4 Å². The minimum absolute atomic E-state index is 0.118. The van der Waals surface area contributed by atoms with Crippen molar-refractivity contribution in [1.82, 2.24) is 5.32 Å². The molecule has 1 saturated heterocycles. The molecule has 0 saturated carbocycles. The number of piperidine rings is 1. The second-order valence-corrected chi connectivity index (χ2v) is 5.63. The van der Waals surface area contributed by atoms with Gasteiger partial charge in [-0.3, -0.25) is 0 Å². The lowest BCUT2D eigenvalue weighted by Gasteiger charge is -2.36. The first-order chi connectivity index (χ1) is 8.17. The highest BCUT2D eigenvalue weighted by atomic mass is 35.5. The molecular weight excluding hydrogens is 257 g/mol. The Hall–Kier alpha value is -0.280. The molecule has 0 amide bonds. The summed E-state index contributed by atoms with van der Waals surface area (Å²) in [5.41, 5.74) is 0.834. The van der Waals surface area contributed by atoms with E-state index in [9.17, 15) is 5.11 Å². The quantitative estimate of drug-likeness (QED) is 0.888. The van der Waals surface area contributed by atoms with Crippen LogP contribution in [-0.4, -0.2) is 24.8 Å². The van der Waals surface area contributed by atoms with Crippen LogP contribution in [0.25, 0.3) is 0 Å². The third-order valence-corrected chi connectivity index (χ3v) is 4.22. The summed E-state index contributed by atoms with van der Waals surface area (Å²) in [6.07, 6.45) is 2.83. The maximum absolute atomic E-state index is 9.66. The second-order valence-electron chi connectivity index (χ2n) is 4.82. The number of hydrogen-bond acceptors (Lipinski definition) is 2. The molecule has 1 fully saturated rings. The first kappa shape index (κ1) is 13.2. The van der Waals surface area contributed by atoms with E-state index < -0.39 is 0 Å². The van der Waals surface area contributed by atoms with E-state index in [1.165, 1.54) is 0 Å². The van der Waals surface area contributed by atoms with Crippen LogP contribution in [0.15, 0.2) is 18.2 Å². The molecule has 1 unspecified atom stereocenters. The third kappa shape index (κ3) is 2.94. The van der Waals surface area contributed by atoms with Gasteiger partial charge in [-0.1, -0.05) is 29.3 Å². The maximum Gasteiger partial charge on any atom is 0.0502 e. The topological polar surface area (TPSA) is 32.3 Å². The number of benzene rings is 1. The van der Waals surface area contributed by atoms with Crippen molar-refractivity contribution in [2.75, 3.05) is 19.7 Å². The Morgan fingerprint density at radius 2 is 2.00 bits per heavy atom. The van der Waals surface area contributed by atoms with Crippen LogP contribution in [0.5, 0.6) is 0 Å². The molecule has 1 heterocycles. The molecule has 0 spiro atoms. The largest absolute Gasteiger partial charge is 0.396 e. The zero-order valence-corrected chi connectivity index (χ0v) is 11.2. The SMILES string of the molecule is OCC1(Cc2c(Cl)cccc2Cl)CCCNC1. The van der Waals surface area contributed by atoms with Gasteiger partial charge in [0, 0.05) is 22.0 Å². The fraction of sp³-hybridized carbons (Fsp3) is 0.538. The van der Waals surface area contributed by atoms with Crippen LogP contribution >= 0.6 is 23.2 Å². The zero-order valence-electron chi connectivity index (χ0n) is 9.68. The standard InChI is InChI=1S/C13H17Cl2NO/c14-11-3-1-4-12(15)10(11)7-13(9-17)5-2-6-16-8-13/h1,3-4,16-17H,2,5-9H2. The maximum atomic E-state index is 9.66. The van der Waals surface area contributed by atoms with E-state index in [2.05, 4.69) is 5.32 Å². The number of hydrogen-bond donors (Lipinski definition) is 2. The first-order valence-electron chi connectivity index (χ1n) is 5.91. The molecule has 1 aliphatic rings. The summed E-state index contributed by atoms with van der Waals surface area (Å²) in [5, 5.41) is 14.4. The van der Waals surface area contributed by atoms with Gasteiger partial charge in [0.2, 0.25) is 0 Å². The van der Waals surface area contributed by atoms with Gasteiger partial charge in [0.1, 0.15) is 0 Å². The summed E-state index contributed by atoms with van der Waals surface area (Å²) in [6.45, 7) is 2.02. The van der Waals surface area contributed by atoms with Crippen LogP contribution in [0.3, 0.4) is 0 Å². The van der Waals surface area contributed by atoms with E-state index in [0.717, 1.165) is 37.9 Å². The lowest BCUT2D eigenvalue weighted by molar-refractivity contribution is 0.0948. The summed E-state index contributed by atoms with van der Waals surface area (Å²) in [6, 6.07) is 5.55. The molecular formula is C13H17Cl2NO. The number of nitrogens with one attached hydrogen (secondary N) is 1. The Morgan fingerprint density at radius 3 is 2.53 bits per heavy atom. The van der Waals surface area contributed by atoms with Crippen molar-refractivity contribution < 1.29 is 5.11 Å². The van der Waals surface area contributed by atoms with Crippen molar-refractivity contribution >= 4 is 23.2 Å². The number of aliphatic hydroxyl groups excluding tert-OH is 1. The first-order valence-corrected chi connectivity index (χ1v) is 6.67. The van der Waals surface area contributed by atoms with E-state index >= 15 is 0 Å². The predicted molar refractivity (Wildman–Crippen MR) is 71.8 cm³/mol. The van der Waals surface area contributed by atoms with Crippen LogP contribution < -0.4 is 5.32 Å². The highest BCUT2D eigenvalue weighted by molar-refractivity contribution is 6.36. The summed E-state index contributed by atoms with van der Waals surface area (Å²) < 4.78 is 0. The van der Waals surface area contributed by atoms with Crippen LogP contribution in [0.1, 0.15) is 18.4 Å². The molecule has 1 aliphatic heterocycles. The molecule has 1 atom stereocenters. The molecule has 2 nitrogen and oxygen atoms in total. The smallest absolute Gasteiger partial charge is 0.0502 e. The number of halogens is 2. The van der Waals surface area contributed by atoms with Crippen molar-refractivity contribution in [3.8, 4) is 0 Å². The van der Waals surface area contributed by atoms with E-state index in [0.29, 0.717) is 10.0 Å². The van der Waals surface area contributed by atoms with Gasteiger partial charge in [-0.05, 0) is 43.5 Å². The lowest BCUT2D eigenvalue weighted by Crippen LogP contribution is -2.44. The van der Waals surface area contributed by atoms with Crippen LogP contribution in [-0.2, 0) is 6.42 Å². The molecule has 2 N–H and O–H groups in total. The van der Waals surface area contributed by atoms with Crippen molar-refractivity contribution in [2.24, 2.45) is 5.41 Å². The van der Waals surface area contributed by atoms with Crippen LogP contribution in [0, 0.1) is 5.41 Å². The highest BCUT2D eigenvalue weighted by Crippen LogP contribution is 2.35. The molecule has 0 aromatic heterocycles. The van der Waals surface area contributed by atoms with Gasteiger partial charge in [-0.25, -0.2) is 0 Å². The third-order valence-electron chi connectivity index (χ3n) is 3.51. The summed E-state index contributed by atoms with van der Waals surface area (Å²) in [5.74, 6) is 0. The average Bonchev–Trinajstić information content (AvgIpc) is 2.35. The Labute approximate surface area is 112 Å². The monoisotopic (exact) mass is 273 g/mol. The Morgan fingerprint density at radius 1 is 1.29 bits per heavy atom. The van der Waals surface area contributed by atoms with Crippen molar-refractivity contribution in [2.45, 2.75) is 19.3 Å². The van der Waals surface area contributed by atoms with Crippen molar-refractivity contribution in [1.29, 1.82) is 0 Å². The van der Waals surface area contributed by atoms with Crippen LogP contribution in [0.2, 0.25) is 10.0 Å². The molecule has 0 radical (unpaired) electrons. The van der Waals surface area contributed by atoms with Gasteiger partial charge in [-0.15, -0.1) is 0 Å². The minimum Gasteiger partial charge on any atom is -0.396 e. The van der Waals surface area contributed by atoms with E-state index in [1.54, 1.807) is 0 Å². The molecule has 94 valence electrons. The molecule has 1 aromatic carbocycles.